The number of rotatable bonds is 4. The first-order chi connectivity index (χ1) is 6.67. The number of ether oxygens (including phenoxy) is 1. The van der Waals surface area contributed by atoms with Crippen LogP contribution in [0.1, 0.15) is 30.6 Å². The zero-order valence-electron chi connectivity index (χ0n) is 8.34. The summed E-state index contributed by atoms with van der Waals surface area (Å²) in [7, 11) is 0. The molecule has 0 bridgehead atoms. The molecule has 0 aromatic heterocycles. The van der Waals surface area contributed by atoms with Crippen LogP contribution in [0.15, 0.2) is 18.2 Å². The average molecular weight is 304 g/mol. The van der Waals surface area contributed by atoms with E-state index in [1.807, 2.05) is 26.0 Å². The molecule has 14 heavy (non-hydrogen) atoms. The summed E-state index contributed by atoms with van der Waals surface area (Å²) in [6.07, 6.45) is 0.533. The summed E-state index contributed by atoms with van der Waals surface area (Å²) < 4.78 is 6.40. The third-order valence-corrected chi connectivity index (χ3v) is 2.45. The van der Waals surface area contributed by atoms with Crippen molar-refractivity contribution >= 4 is 28.4 Å². The Bertz CT molecular complexity index is 334. The topological polar surface area (TPSA) is 26.3 Å². The van der Waals surface area contributed by atoms with Gasteiger partial charge in [-0.05, 0) is 47.7 Å². The van der Waals surface area contributed by atoms with Gasteiger partial charge in [-0.25, -0.2) is 0 Å². The predicted octanol–water partition coefficient (Wildman–Crippen LogP) is 3.28. The molecule has 0 saturated carbocycles. The highest BCUT2D eigenvalue weighted by Crippen LogP contribution is 2.19. The zero-order chi connectivity index (χ0) is 10.6. The second kappa shape index (κ2) is 5.34. The molecule has 0 spiro atoms. The van der Waals surface area contributed by atoms with Crippen LogP contribution in [0, 0.1) is 3.57 Å². The number of hydrogen-bond acceptors (Lipinski definition) is 2. The summed E-state index contributed by atoms with van der Waals surface area (Å²) in [6, 6.07) is 5.61. The van der Waals surface area contributed by atoms with Crippen LogP contribution in [0.2, 0.25) is 0 Å². The van der Waals surface area contributed by atoms with Crippen molar-refractivity contribution in [3.63, 3.8) is 0 Å². The Morgan fingerprint density at radius 3 is 2.64 bits per heavy atom. The smallest absolute Gasteiger partial charge is 0.162 e. The van der Waals surface area contributed by atoms with Crippen LogP contribution < -0.4 is 4.74 Å². The fraction of sp³-hybridized carbons (Fsp3) is 0.364. The SMILES string of the molecule is CCOc1cc(I)cc(C(=O)CC)c1. The largest absolute Gasteiger partial charge is 0.494 e. The number of Topliss-reactive ketones (excluding diaryl/α,β-unsaturated/α-hetero) is 1. The normalized spacial score (nSPS) is 9.93. The van der Waals surface area contributed by atoms with E-state index in [0.29, 0.717) is 13.0 Å². The Morgan fingerprint density at radius 2 is 2.07 bits per heavy atom. The molecule has 0 aliphatic rings. The molecule has 0 heterocycles. The number of carbonyl (C=O) groups excluding carboxylic acids is 1. The fourth-order valence-corrected chi connectivity index (χ4v) is 1.82. The molecular formula is C11H13IO2. The number of benzene rings is 1. The van der Waals surface area contributed by atoms with Gasteiger partial charge in [0.15, 0.2) is 5.78 Å². The summed E-state index contributed by atoms with van der Waals surface area (Å²) in [5.74, 6) is 0.931. The van der Waals surface area contributed by atoms with Crippen molar-refractivity contribution in [2.45, 2.75) is 20.3 Å². The van der Waals surface area contributed by atoms with E-state index in [-0.39, 0.29) is 5.78 Å². The Morgan fingerprint density at radius 1 is 1.36 bits per heavy atom. The van der Waals surface area contributed by atoms with Crippen molar-refractivity contribution in [2.75, 3.05) is 6.61 Å². The van der Waals surface area contributed by atoms with Crippen LogP contribution in [0.3, 0.4) is 0 Å². The first kappa shape index (κ1) is 11.5. The van der Waals surface area contributed by atoms with E-state index in [2.05, 4.69) is 22.6 Å². The van der Waals surface area contributed by atoms with Crippen molar-refractivity contribution in [1.29, 1.82) is 0 Å². The van der Waals surface area contributed by atoms with E-state index in [9.17, 15) is 4.79 Å². The van der Waals surface area contributed by atoms with Gasteiger partial charge in [-0.1, -0.05) is 6.92 Å². The Labute approximate surface area is 97.8 Å². The van der Waals surface area contributed by atoms with Crippen LogP contribution in [0.4, 0.5) is 0 Å². The number of carbonyl (C=O) groups is 1. The summed E-state index contributed by atoms with van der Waals surface area (Å²) in [5, 5.41) is 0. The second-order valence-corrected chi connectivity index (χ2v) is 4.13. The second-order valence-electron chi connectivity index (χ2n) is 2.89. The van der Waals surface area contributed by atoms with E-state index in [1.165, 1.54) is 0 Å². The average Bonchev–Trinajstić information content (AvgIpc) is 2.16. The minimum absolute atomic E-state index is 0.157. The number of ketones is 1. The summed E-state index contributed by atoms with van der Waals surface area (Å²) in [4.78, 5) is 11.5. The highest BCUT2D eigenvalue weighted by molar-refractivity contribution is 14.1. The van der Waals surface area contributed by atoms with Crippen molar-refractivity contribution in [1.82, 2.24) is 0 Å². The molecule has 0 amide bonds. The van der Waals surface area contributed by atoms with Gasteiger partial charge in [0.2, 0.25) is 0 Å². The number of hydrogen-bond donors (Lipinski definition) is 0. The molecule has 0 radical (unpaired) electrons. The summed E-state index contributed by atoms with van der Waals surface area (Å²) in [5.41, 5.74) is 0.739. The summed E-state index contributed by atoms with van der Waals surface area (Å²) in [6.45, 7) is 4.42. The van der Waals surface area contributed by atoms with Gasteiger partial charge in [0.1, 0.15) is 5.75 Å². The van der Waals surface area contributed by atoms with Crippen molar-refractivity contribution in [3.05, 3.63) is 27.3 Å². The van der Waals surface area contributed by atoms with Crippen molar-refractivity contribution in [3.8, 4) is 5.75 Å². The van der Waals surface area contributed by atoms with Crippen molar-refractivity contribution in [2.24, 2.45) is 0 Å². The molecule has 0 unspecified atom stereocenters. The van der Waals surface area contributed by atoms with Gasteiger partial charge < -0.3 is 4.74 Å². The lowest BCUT2D eigenvalue weighted by atomic mass is 10.1. The van der Waals surface area contributed by atoms with E-state index in [4.69, 9.17) is 4.74 Å². The maximum absolute atomic E-state index is 11.5. The lowest BCUT2D eigenvalue weighted by Crippen LogP contribution is -1.99. The van der Waals surface area contributed by atoms with Crippen LogP contribution >= 0.6 is 22.6 Å². The van der Waals surface area contributed by atoms with Gasteiger partial charge in [0.05, 0.1) is 6.61 Å². The molecule has 1 aromatic carbocycles. The van der Waals surface area contributed by atoms with Crippen molar-refractivity contribution < 1.29 is 9.53 Å². The standard InChI is InChI=1S/C11H13IO2/c1-3-11(13)8-5-9(12)7-10(6-8)14-4-2/h5-7H,3-4H2,1-2H3. The molecule has 0 saturated heterocycles. The molecule has 1 aromatic rings. The molecule has 0 aliphatic heterocycles. The molecule has 76 valence electrons. The van der Waals surface area contributed by atoms with E-state index >= 15 is 0 Å². The van der Waals surface area contributed by atoms with Crippen LogP contribution in [-0.4, -0.2) is 12.4 Å². The van der Waals surface area contributed by atoms with E-state index in [1.54, 1.807) is 6.07 Å². The number of halogens is 1. The third-order valence-electron chi connectivity index (χ3n) is 1.83. The molecule has 0 fully saturated rings. The van der Waals surface area contributed by atoms with Gasteiger partial charge in [-0.15, -0.1) is 0 Å². The molecule has 3 heteroatoms. The molecule has 0 aliphatic carbocycles. The van der Waals surface area contributed by atoms with E-state index < -0.39 is 0 Å². The Balaban J connectivity index is 3.00. The molecule has 2 nitrogen and oxygen atoms in total. The third kappa shape index (κ3) is 2.97. The first-order valence-corrected chi connectivity index (χ1v) is 5.71. The molecule has 0 atom stereocenters. The lowest BCUT2D eigenvalue weighted by molar-refractivity contribution is 0.0987. The van der Waals surface area contributed by atoms with Gasteiger partial charge in [-0.2, -0.15) is 0 Å². The predicted molar refractivity (Wildman–Crippen MR) is 64.9 cm³/mol. The van der Waals surface area contributed by atoms with Gasteiger partial charge >= 0.3 is 0 Å². The quantitative estimate of drug-likeness (QED) is 0.630. The highest BCUT2D eigenvalue weighted by Gasteiger charge is 2.06. The van der Waals surface area contributed by atoms with E-state index in [0.717, 1.165) is 14.9 Å². The highest BCUT2D eigenvalue weighted by atomic mass is 127. The molecular weight excluding hydrogens is 291 g/mol. The monoisotopic (exact) mass is 304 g/mol. The van der Waals surface area contributed by atoms with Crippen LogP contribution in [0.5, 0.6) is 5.75 Å². The minimum atomic E-state index is 0.157. The summed E-state index contributed by atoms with van der Waals surface area (Å²) >= 11 is 2.19. The molecule has 1 rings (SSSR count). The van der Waals surface area contributed by atoms with Gasteiger partial charge in [0.25, 0.3) is 0 Å². The van der Waals surface area contributed by atoms with Crippen LogP contribution in [-0.2, 0) is 0 Å². The fourth-order valence-electron chi connectivity index (χ4n) is 1.18. The maximum atomic E-state index is 11.5. The zero-order valence-corrected chi connectivity index (χ0v) is 10.5. The maximum Gasteiger partial charge on any atom is 0.162 e. The van der Waals surface area contributed by atoms with Gasteiger partial charge in [-0.3, -0.25) is 4.79 Å². The Hall–Kier alpha value is -0.580. The molecule has 0 N–H and O–H groups in total. The first-order valence-electron chi connectivity index (χ1n) is 4.64. The van der Waals surface area contributed by atoms with Gasteiger partial charge in [0, 0.05) is 15.6 Å². The Kier molecular flexibility index (Phi) is 4.38. The minimum Gasteiger partial charge on any atom is -0.494 e. The van der Waals surface area contributed by atoms with Crippen LogP contribution in [0.25, 0.3) is 0 Å². The lowest BCUT2D eigenvalue weighted by Gasteiger charge is -2.06.